The number of hydrogen-bond donors (Lipinski definition) is 2. The predicted molar refractivity (Wildman–Crippen MR) is 136 cm³/mol. The number of hydrogen-bond acceptors (Lipinski definition) is 8. The fraction of sp³-hybridized carbons (Fsp3) is 0.409. The Morgan fingerprint density at radius 2 is 1.82 bits per heavy atom. The maximum absolute atomic E-state index is 11.2. The third-order valence-corrected chi connectivity index (χ3v) is 5.35. The standard InChI is InChI=1S/C22H28N4O5.2ClH/c1-5-25(6-2)13-15(27)12-23-21-16-8-7-14(26(28)29)11-18(16)24-17-9-10-19(30-3)22(31-4)20(17)21;;/h7-11,15,27H,5-6,12-13H2,1-4H3,(H,23,24);2*1H. The van der Waals surface area contributed by atoms with Gasteiger partial charge in [0.05, 0.1) is 47.4 Å². The Bertz CT molecular complexity index is 1100. The Morgan fingerprint density at radius 1 is 1.12 bits per heavy atom. The number of likely N-dealkylation sites (N-methyl/N-ethyl adjacent to an activating group) is 1. The lowest BCUT2D eigenvalue weighted by atomic mass is 10.1. The molecule has 11 heteroatoms. The van der Waals surface area contributed by atoms with Crippen molar-refractivity contribution < 1.29 is 19.5 Å². The normalized spacial score (nSPS) is 11.6. The molecule has 0 amide bonds. The summed E-state index contributed by atoms with van der Waals surface area (Å²) in [5.41, 5.74) is 1.73. The average molecular weight is 501 g/mol. The van der Waals surface area contributed by atoms with Gasteiger partial charge in [-0.15, -0.1) is 24.8 Å². The number of methoxy groups -OCH3 is 2. The molecular weight excluding hydrogens is 471 g/mol. The van der Waals surface area contributed by atoms with Crippen molar-refractivity contribution in [3.8, 4) is 11.5 Å². The molecule has 0 aliphatic carbocycles. The number of rotatable bonds is 10. The van der Waals surface area contributed by atoms with Crippen molar-refractivity contribution >= 4 is 58.0 Å². The number of anilines is 1. The van der Waals surface area contributed by atoms with Crippen LogP contribution in [0, 0.1) is 10.1 Å². The first-order valence-electron chi connectivity index (χ1n) is 10.2. The van der Waals surface area contributed by atoms with E-state index in [4.69, 9.17) is 9.47 Å². The molecule has 2 N–H and O–H groups in total. The highest BCUT2D eigenvalue weighted by Crippen LogP contribution is 2.42. The van der Waals surface area contributed by atoms with Gasteiger partial charge in [-0.2, -0.15) is 0 Å². The summed E-state index contributed by atoms with van der Waals surface area (Å²) in [7, 11) is 3.11. The lowest BCUT2D eigenvalue weighted by Gasteiger charge is -2.23. The molecule has 0 aliphatic rings. The van der Waals surface area contributed by atoms with Gasteiger partial charge in [-0.05, 0) is 31.3 Å². The van der Waals surface area contributed by atoms with Crippen LogP contribution in [0.25, 0.3) is 21.8 Å². The molecule has 0 aliphatic heterocycles. The van der Waals surface area contributed by atoms with E-state index in [-0.39, 0.29) is 30.5 Å². The molecule has 0 radical (unpaired) electrons. The minimum absolute atomic E-state index is 0. The lowest BCUT2D eigenvalue weighted by molar-refractivity contribution is -0.384. The quantitative estimate of drug-likeness (QED) is 0.241. The molecule has 1 heterocycles. The minimum atomic E-state index is -0.604. The van der Waals surface area contributed by atoms with E-state index in [0.29, 0.717) is 52.1 Å². The van der Waals surface area contributed by atoms with E-state index in [1.807, 2.05) is 0 Å². The van der Waals surface area contributed by atoms with Gasteiger partial charge in [0.25, 0.3) is 5.69 Å². The Balaban J connectivity index is 0.00000272. The zero-order valence-electron chi connectivity index (χ0n) is 19.0. The number of nitro benzene ring substituents is 1. The maximum Gasteiger partial charge on any atom is 0.271 e. The van der Waals surface area contributed by atoms with Crippen molar-refractivity contribution in [2.75, 3.05) is 45.7 Å². The SMILES string of the molecule is CCN(CC)CC(O)CNc1c2ccc([N+](=O)[O-])cc2nc2ccc(OC)c(OC)c12.Cl.Cl. The molecular formula is C22H30Cl2N4O5. The van der Waals surface area contributed by atoms with Crippen LogP contribution in [0.2, 0.25) is 0 Å². The van der Waals surface area contributed by atoms with Gasteiger partial charge in [-0.25, -0.2) is 4.98 Å². The van der Waals surface area contributed by atoms with Crippen molar-refractivity contribution in [2.24, 2.45) is 0 Å². The molecule has 9 nitrogen and oxygen atoms in total. The van der Waals surface area contributed by atoms with E-state index in [9.17, 15) is 15.2 Å². The first-order valence-corrected chi connectivity index (χ1v) is 10.2. The number of nitro groups is 1. The van der Waals surface area contributed by atoms with Gasteiger partial charge in [-0.3, -0.25) is 10.1 Å². The smallest absolute Gasteiger partial charge is 0.271 e. The van der Waals surface area contributed by atoms with E-state index >= 15 is 0 Å². The van der Waals surface area contributed by atoms with Crippen LogP contribution in [0.5, 0.6) is 11.5 Å². The molecule has 3 rings (SSSR count). The second-order valence-electron chi connectivity index (χ2n) is 7.16. The highest BCUT2D eigenvalue weighted by molar-refractivity contribution is 6.11. The summed E-state index contributed by atoms with van der Waals surface area (Å²) in [5, 5.41) is 26.5. The summed E-state index contributed by atoms with van der Waals surface area (Å²) in [6.45, 7) is 6.64. The molecule has 3 aromatic rings. The highest BCUT2D eigenvalue weighted by atomic mass is 35.5. The summed E-state index contributed by atoms with van der Waals surface area (Å²) in [5.74, 6) is 1.05. The molecule has 1 unspecified atom stereocenters. The molecule has 182 valence electrons. The Hall–Kier alpha value is -2.59. The zero-order valence-corrected chi connectivity index (χ0v) is 20.7. The number of aromatic nitrogens is 1. The number of pyridine rings is 1. The van der Waals surface area contributed by atoms with Crippen LogP contribution < -0.4 is 14.8 Å². The Labute approximate surface area is 205 Å². The van der Waals surface area contributed by atoms with Gasteiger partial charge in [-0.1, -0.05) is 13.8 Å². The van der Waals surface area contributed by atoms with E-state index in [1.54, 1.807) is 32.4 Å². The molecule has 0 fully saturated rings. The van der Waals surface area contributed by atoms with Crippen LogP contribution in [0.1, 0.15) is 13.8 Å². The van der Waals surface area contributed by atoms with E-state index < -0.39 is 11.0 Å². The van der Waals surface area contributed by atoms with Gasteiger partial charge in [0.1, 0.15) is 0 Å². The summed E-state index contributed by atoms with van der Waals surface area (Å²) in [6.07, 6.45) is -0.604. The lowest BCUT2D eigenvalue weighted by Crippen LogP contribution is -2.36. The number of ether oxygens (including phenoxy) is 2. The molecule has 1 aromatic heterocycles. The molecule has 33 heavy (non-hydrogen) atoms. The summed E-state index contributed by atoms with van der Waals surface area (Å²) >= 11 is 0. The van der Waals surface area contributed by atoms with Crippen molar-refractivity contribution in [2.45, 2.75) is 20.0 Å². The number of aliphatic hydroxyl groups excluding tert-OH is 1. The molecule has 0 spiro atoms. The topological polar surface area (TPSA) is 110 Å². The van der Waals surface area contributed by atoms with Crippen LogP contribution in [0.4, 0.5) is 11.4 Å². The largest absolute Gasteiger partial charge is 0.493 e. The molecule has 0 bridgehead atoms. The monoisotopic (exact) mass is 500 g/mol. The summed E-state index contributed by atoms with van der Waals surface area (Å²) in [6, 6.07) is 8.09. The van der Waals surface area contributed by atoms with Crippen LogP contribution >= 0.6 is 24.8 Å². The predicted octanol–water partition coefficient (Wildman–Crippen LogP) is 4.27. The van der Waals surface area contributed by atoms with Gasteiger partial charge in [0.15, 0.2) is 11.5 Å². The van der Waals surface area contributed by atoms with Gasteiger partial charge in [0, 0.05) is 30.6 Å². The van der Waals surface area contributed by atoms with Crippen LogP contribution in [-0.2, 0) is 0 Å². The zero-order chi connectivity index (χ0) is 22.5. The molecule has 0 saturated carbocycles. The second-order valence-corrected chi connectivity index (χ2v) is 7.16. The van der Waals surface area contributed by atoms with Gasteiger partial charge < -0.3 is 24.8 Å². The second kappa shape index (κ2) is 12.6. The minimum Gasteiger partial charge on any atom is -0.493 e. The number of benzene rings is 2. The van der Waals surface area contributed by atoms with E-state index in [1.165, 1.54) is 12.1 Å². The van der Waals surface area contributed by atoms with Crippen LogP contribution in [0.3, 0.4) is 0 Å². The number of nitrogens with one attached hydrogen (secondary N) is 1. The van der Waals surface area contributed by atoms with Gasteiger partial charge >= 0.3 is 0 Å². The molecule has 2 aromatic carbocycles. The Kier molecular flexibility index (Phi) is 10.9. The Morgan fingerprint density at radius 3 is 2.39 bits per heavy atom. The first-order chi connectivity index (χ1) is 14.9. The number of halogens is 2. The third kappa shape index (κ3) is 6.05. The molecule has 1 atom stereocenters. The highest BCUT2D eigenvalue weighted by Gasteiger charge is 2.20. The van der Waals surface area contributed by atoms with E-state index in [0.717, 1.165) is 13.1 Å². The maximum atomic E-state index is 11.2. The number of non-ortho nitro benzene ring substituents is 1. The van der Waals surface area contributed by atoms with Crippen LogP contribution in [0.15, 0.2) is 30.3 Å². The van der Waals surface area contributed by atoms with Crippen LogP contribution in [-0.4, -0.2) is 66.4 Å². The van der Waals surface area contributed by atoms with Crippen molar-refractivity contribution in [3.63, 3.8) is 0 Å². The van der Waals surface area contributed by atoms with E-state index in [2.05, 4.69) is 29.0 Å². The van der Waals surface area contributed by atoms with Gasteiger partial charge in [0.2, 0.25) is 0 Å². The number of fused-ring (bicyclic) bond motifs is 2. The summed E-state index contributed by atoms with van der Waals surface area (Å²) < 4.78 is 11.1. The van der Waals surface area contributed by atoms with Crippen molar-refractivity contribution in [1.29, 1.82) is 0 Å². The first kappa shape index (κ1) is 28.4. The number of aliphatic hydroxyl groups is 1. The van der Waals surface area contributed by atoms with Crippen molar-refractivity contribution in [3.05, 3.63) is 40.4 Å². The fourth-order valence-electron chi connectivity index (χ4n) is 3.70. The fourth-order valence-corrected chi connectivity index (χ4v) is 3.70. The third-order valence-electron chi connectivity index (χ3n) is 5.35. The average Bonchev–Trinajstić information content (AvgIpc) is 2.78. The number of nitrogens with zero attached hydrogens (tertiary/aromatic N) is 3. The molecule has 0 saturated heterocycles. The summed E-state index contributed by atoms with van der Waals surface area (Å²) in [4.78, 5) is 17.6. The van der Waals surface area contributed by atoms with Crippen molar-refractivity contribution in [1.82, 2.24) is 9.88 Å².